The highest BCUT2D eigenvalue weighted by Gasteiger charge is 2.29. The Morgan fingerprint density at radius 2 is 2.04 bits per heavy atom. The van der Waals surface area contributed by atoms with Gasteiger partial charge in [-0.3, -0.25) is 29.4 Å². The molecule has 1 heterocycles. The average molecular weight is 335 g/mol. The molecule has 3 amide bonds. The molecule has 8 nitrogen and oxygen atoms in total. The average Bonchev–Trinajstić information content (AvgIpc) is 2.85. The Kier molecular flexibility index (Phi) is 5.47. The number of non-ortho nitro benzene ring substituents is 1. The van der Waals surface area contributed by atoms with Crippen molar-refractivity contribution < 1.29 is 19.3 Å². The normalized spacial score (nSPS) is 14.5. The van der Waals surface area contributed by atoms with E-state index in [0.717, 1.165) is 16.7 Å². The van der Waals surface area contributed by atoms with Crippen LogP contribution in [0.2, 0.25) is 0 Å². The molecule has 0 unspecified atom stereocenters. The Hall–Kier alpha value is -2.68. The lowest BCUT2D eigenvalue weighted by atomic mass is 10.2. The van der Waals surface area contributed by atoms with E-state index in [9.17, 15) is 24.5 Å². The van der Waals surface area contributed by atoms with Crippen LogP contribution in [-0.4, -0.2) is 45.7 Å². The number of nitro benzene ring substituents is 1. The maximum absolute atomic E-state index is 11.6. The number of carbonyl (C=O) groups excluding carboxylic acids is 3. The third kappa shape index (κ3) is 4.65. The second-order valence-electron chi connectivity index (χ2n) is 4.57. The minimum atomic E-state index is -0.501. The molecule has 0 aromatic heterocycles. The summed E-state index contributed by atoms with van der Waals surface area (Å²) in [6.45, 7) is 0.309. The van der Waals surface area contributed by atoms with Gasteiger partial charge in [0.05, 0.1) is 10.7 Å². The number of amides is 3. The van der Waals surface area contributed by atoms with Crippen molar-refractivity contribution in [3.05, 3.63) is 46.0 Å². The van der Waals surface area contributed by atoms with Crippen molar-refractivity contribution in [1.82, 2.24) is 10.2 Å². The fraction of sp³-hybridized carbons (Fsp3) is 0.214. The van der Waals surface area contributed by atoms with E-state index in [1.165, 1.54) is 36.4 Å². The molecule has 0 bridgehead atoms. The summed E-state index contributed by atoms with van der Waals surface area (Å²) in [6, 6.07) is 5.75. The van der Waals surface area contributed by atoms with Crippen LogP contribution in [0.3, 0.4) is 0 Å². The van der Waals surface area contributed by atoms with Crippen molar-refractivity contribution in [2.45, 2.75) is 0 Å². The van der Waals surface area contributed by atoms with Gasteiger partial charge >= 0.3 is 0 Å². The van der Waals surface area contributed by atoms with E-state index >= 15 is 0 Å². The highest BCUT2D eigenvalue weighted by Crippen LogP contribution is 2.17. The number of imide groups is 1. The zero-order valence-electron chi connectivity index (χ0n) is 11.9. The first kappa shape index (κ1) is 16.7. The molecule has 9 heteroatoms. The van der Waals surface area contributed by atoms with E-state index in [-0.39, 0.29) is 41.6 Å². The van der Waals surface area contributed by atoms with E-state index in [1.807, 2.05) is 0 Å². The lowest BCUT2D eigenvalue weighted by Gasteiger charge is -2.12. The first-order chi connectivity index (χ1) is 11.0. The molecule has 2 rings (SSSR count). The van der Waals surface area contributed by atoms with E-state index in [0.29, 0.717) is 5.56 Å². The van der Waals surface area contributed by atoms with Crippen LogP contribution in [0.15, 0.2) is 30.3 Å². The Labute approximate surface area is 135 Å². The lowest BCUT2D eigenvalue weighted by Crippen LogP contribution is -2.37. The standard InChI is InChI=1S/C14H13N3O5S/c18-12(15-7-8-16-13(19)9-23-14(16)20)6-3-10-1-4-11(5-2-10)17(21)22/h1-6H,7-9H2,(H,15,18)/b6-3+. The third-order valence-electron chi connectivity index (χ3n) is 3.01. The molecule has 1 fully saturated rings. The molecule has 0 saturated carbocycles. The van der Waals surface area contributed by atoms with Gasteiger partial charge in [-0.05, 0) is 23.8 Å². The fourth-order valence-corrected chi connectivity index (χ4v) is 2.58. The van der Waals surface area contributed by atoms with E-state index in [4.69, 9.17) is 0 Å². The number of hydrogen-bond acceptors (Lipinski definition) is 6. The molecule has 1 aliphatic heterocycles. The topological polar surface area (TPSA) is 110 Å². The van der Waals surface area contributed by atoms with Crippen LogP contribution in [0.25, 0.3) is 6.08 Å². The van der Waals surface area contributed by atoms with Crippen LogP contribution in [0.1, 0.15) is 5.56 Å². The zero-order valence-corrected chi connectivity index (χ0v) is 12.7. The van der Waals surface area contributed by atoms with Gasteiger partial charge in [0.25, 0.3) is 10.9 Å². The second kappa shape index (κ2) is 7.54. The Morgan fingerprint density at radius 3 is 2.61 bits per heavy atom. The predicted molar refractivity (Wildman–Crippen MR) is 84.7 cm³/mol. The Bertz CT molecular complexity index is 655. The van der Waals surface area contributed by atoms with Gasteiger partial charge in [-0.2, -0.15) is 0 Å². The number of hydrogen-bond donors (Lipinski definition) is 1. The predicted octanol–water partition coefficient (Wildman–Crippen LogP) is 1.42. The number of thioether (sulfide) groups is 1. The minimum Gasteiger partial charge on any atom is -0.351 e. The number of nitro groups is 1. The summed E-state index contributed by atoms with van der Waals surface area (Å²) >= 11 is 0.946. The van der Waals surface area contributed by atoms with Gasteiger partial charge in [-0.1, -0.05) is 11.8 Å². The Morgan fingerprint density at radius 1 is 1.35 bits per heavy atom. The monoisotopic (exact) mass is 335 g/mol. The van der Waals surface area contributed by atoms with Crippen LogP contribution in [-0.2, 0) is 9.59 Å². The number of rotatable bonds is 6. The van der Waals surface area contributed by atoms with E-state index in [1.54, 1.807) is 0 Å². The van der Waals surface area contributed by atoms with E-state index in [2.05, 4.69) is 5.32 Å². The van der Waals surface area contributed by atoms with Crippen LogP contribution < -0.4 is 5.32 Å². The van der Waals surface area contributed by atoms with Gasteiger partial charge in [0.2, 0.25) is 11.8 Å². The van der Waals surface area contributed by atoms with Crippen LogP contribution >= 0.6 is 11.8 Å². The van der Waals surface area contributed by atoms with Crippen molar-refractivity contribution in [3.63, 3.8) is 0 Å². The summed E-state index contributed by atoms with van der Waals surface area (Å²) in [5.74, 6) is -0.488. The second-order valence-corrected chi connectivity index (χ2v) is 5.50. The van der Waals surface area contributed by atoms with Gasteiger partial charge in [0, 0.05) is 31.3 Å². The molecule has 1 aromatic rings. The number of nitrogens with one attached hydrogen (secondary N) is 1. The van der Waals surface area contributed by atoms with Crippen LogP contribution in [0.4, 0.5) is 10.5 Å². The molecular weight excluding hydrogens is 322 g/mol. The maximum Gasteiger partial charge on any atom is 0.288 e. The largest absolute Gasteiger partial charge is 0.351 e. The molecule has 0 aliphatic carbocycles. The first-order valence-electron chi connectivity index (χ1n) is 6.65. The molecule has 0 atom stereocenters. The number of carbonyl (C=O) groups is 3. The van der Waals surface area contributed by atoms with Crippen LogP contribution in [0.5, 0.6) is 0 Å². The maximum atomic E-state index is 11.6. The summed E-state index contributed by atoms with van der Waals surface area (Å²) in [7, 11) is 0. The molecule has 0 radical (unpaired) electrons. The first-order valence-corrected chi connectivity index (χ1v) is 7.63. The van der Waals surface area contributed by atoms with Crippen LogP contribution in [0, 0.1) is 10.1 Å². The zero-order chi connectivity index (χ0) is 16.8. The van der Waals surface area contributed by atoms with Crippen molar-refractivity contribution >= 4 is 40.6 Å². The van der Waals surface area contributed by atoms with Crippen molar-refractivity contribution in [1.29, 1.82) is 0 Å². The quantitative estimate of drug-likeness (QED) is 0.478. The van der Waals surface area contributed by atoms with Crippen molar-refractivity contribution in [3.8, 4) is 0 Å². The summed E-state index contributed by atoms with van der Waals surface area (Å²) in [5.41, 5.74) is 0.622. The highest BCUT2D eigenvalue weighted by atomic mass is 32.2. The summed E-state index contributed by atoms with van der Waals surface area (Å²) in [4.78, 5) is 45.4. The Balaban J connectivity index is 1.79. The highest BCUT2D eigenvalue weighted by molar-refractivity contribution is 8.14. The summed E-state index contributed by atoms with van der Waals surface area (Å²) in [6.07, 6.45) is 2.80. The van der Waals surface area contributed by atoms with Gasteiger partial charge in [0.1, 0.15) is 0 Å². The molecule has 1 saturated heterocycles. The van der Waals surface area contributed by atoms with Crippen molar-refractivity contribution in [2.24, 2.45) is 0 Å². The van der Waals surface area contributed by atoms with E-state index < -0.39 is 4.92 Å². The molecule has 120 valence electrons. The molecule has 0 spiro atoms. The SMILES string of the molecule is O=C(/C=C/c1ccc([N+](=O)[O-])cc1)NCCN1C(=O)CSC1=O. The van der Waals surface area contributed by atoms with Gasteiger partial charge in [0.15, 0.2) is 0 Å². The fourth-order valence-electron chi connectivity index (χ4n) is 1.83. The van der Waals surface area contributed by atoms with Gasteiger partial charge < -0.3 is 5.32 Å². The molecule has 1 aromatic carbocycles. The smallest absolute Gasteiger partial charge is 0.288 e. The summed E-state index contributed by atoms with van der Waals surface area (Å²) < 4.78 is 0. The van der Waals surface area contributed by atoms with Gasteiger partial charge in [-0.15, -0.1) is 0 Å². The lowest BCUT2D eigenvalue weighted by molar-refractivity contribution is -0.384. The molecule has 1 aliphatic rings. The molecule has 1 N–H and O–H groups in total. The minimum absolute atomic E-state index is 0.0237. The number of nitrogens with zero attached hydrogens (tertiary/aromatic N) is 2. The summed E-state index contributed by atoms with van der Waals surface area (Å²) in [5, 5.41) is 12.8. The van der Waals surface area contributed by atoms with Crippen molar-refractivity contribution in [2.75, 3.05) is 18.8 Å². The third-order valence-corrected chi connectivity index (χ3v) is 3.86. The van der Waals surface area contributed by atoms with Gasteiger partial charge in [-0.25, -0.2) is 0 Å². The number of benzene rings is 1. The molecular formula is C14H13N3O5S. The molecule has 23 heavy (non-hydrogen) atoms.